The van der Waals surface area contributed by atoms with Crippen molar-refractivity contribution in [3.05, 3.63) is 58.4 Å². The summed E-state index contributed by atoms with van der Waals surface area (Å²) in [6.07, 6.45) is 2.09. The van der Waals surface area contributed by atoms with Gasteiger partial charge in [0.1, 0.15) is 11.4 Å². The Bertz CT molecular complexity index is 1410. The molecule has 2 N–H and O–H groups in total. The predicted molar refractivity (Wildman–Crippen MR) is 140 cm³/mol. The highest BCUT2D eigenvalue weighted by molar-refractivity contribution is 7.97. The molecule has 1 aromatic heterocycles. The van der Waals surface area contributed by atoms with Gasteiger partial charge < -0.3 is 14.8 Å². The van der Waals surface area contributed by atoms with Gasteiger partial charge in [-0.05, 0) is 56.5 Å². The Hall–Kier alpha value is -2.37. The highest BCUT2D eigenvalue weighted by atomic mass is 35.5. The van der Waals surface area contributed by atoms with E-state index in [1.165, 1.54) is 25.0 Å². The number of hydrogen-bond donors (Lipinski definition) is 2. The van der Waals surface area contributed by atoms with Gasteiger partial charge >= 0.3 is 0 Å². The molecule has 2 heterocycles. The number of carbonyl (C=O) groups excluding carboxylic acids is 2. The smallest absolute Gasteiger partial charge is 0.270 e. The van der Waals surface area contributed by atoms with Gasteiger partial charge in [-0.2, -0.15) is 0 Å². The van der Waals surface area contributed by atoms with E-state index in [0.717, 1.165) is 5.56 Å². The third-order valence-corrected chi connectivity index (χ3v) is 11.9. The Balaban J connectivity index is 1.47. The van der Waals surface area contributed by atoms with Gasteiger partial charge in [0.05, 0.1) is 15.2 Å². The van der Waals surface area contributed by atoms with E-state index in [1.54, 1.807) is 28.8 Å². The van der Waals surface area contributed by atoms with Crippen LogP contribution in [0.15, 0.2) is 36.4 Å². The summed E-state index contributed by atoms with van der Waals surface area (Å²) in [6, 6.07) is 10.3. The summed E-state index contributed by atoms with van der Waals surface area (Å²) in [7, 11) is -6.80. The SMILES string of the molecule is CC(C)(CS(C)(=N)=O)S(=O)(=O)C1(CN2CCn3c(C(=O)NCc4ccc(Cl)cc4)ccc3C2=O)CC1. The normalized spacial score (nSPS) is 18.9. The number of fused-ring (bicyclic) bond motifs is 1. The molecular weight excluding hydrogens is 524 g/mol. The average molecular weight is 555 g/mol. The molecule has 1 saturated carbocycles. The van der Waals surface area contributed by atoms with Crippen molar-refractivity contribution in [3.63, 3.8) is 0 Å². The van der Waals surface area contributed by atoms with E-state index < -0.39 is 29.1 Å². The van der Waals surface area contributed by atoms with Gasteiger partial charge in [-0.25, -0.2) is 8.42 Å². The maximum atomic E-state index is 13.5. The zero-order valence-electron chi connectivity index (χ0n) is 20.5. The van der Waals surface area contributed by atoms with Crippen molar-refractivity contribution in [3.8, 4) is 0 Å². The second-order valence-electron chi connectivity index (χ2n) is 10.4. The number of nitrogens with one attached hydrogen (secondary N) is 2. The summed E-state index contributed by atoms with van der Waals surface area (Å²) >= 11 is 5.90. The van der Waals surface area contributed by atoms with Crippen LogP contribution >= 0.6 is 11.6 Å². The Morgan fingerprint density at radius 3 is 2.33 bits per heavy atom. The van der Waals surface area contributed by atoms with Crippen molar-refractivity contribution < 1.29 is 22.2 Å². The van der Waals surface area contributed by atoms with E-state index in [4.69, 9.17) is 16.4 Å². The minimum atomic E-state index is -3.78. The monoisotopic (exact) mass is 554 g/mol. The number of benzene rings is 1. The molecule has 1 aliphatic heterocycles. The van der Waals surface area contributed by atoms with Crippen LogP contribution in [0.3, 0.4) is 0 Å². The summed E-state index contributed by atoms with van der Waals surface area (Å²) in [5.41, 5.74) is 1.60. The number of amides is 2. The summed E-state index contributed by atoms with van der Waals surface area (Å²) in [4.78, 5) is 27.6. The molecule has 0 bridgehead atoms. The third-order valence-electron chi connectivity index (χ3n) is 6.89. The van der Waals surface area contributed by atoms with E-state index in [2.05, 4.69) is 5.32 Å². The molecule has 0 radical (unpaired) electrons. The molecule has 196 valence electrons. The maximum absolute atomic E-state index is 13.5. The van der Waals surface area contributed by atoms with Crippen LogP contribution in [0.25, 0.3) is 0 Å². The van der Waals surface area contributed by atoms with Crippen LogP contribution in [0.1, 0.15) is 53.2 Å². The Kier molecular flexibility index (Phi) is 6.81. The van der Waals surface area contributed by atoms with Crippen LogP contribution in [0, 0.1) is 4.78 Å². The fourth-order valence-corrected chi connectivity index (χ4v) is 9.82. The number of nitrogens with zero attached hydrogens (tertiary/aromatic N) is 2. The molecule has 36 heavy (non-hydrogen) atoms. The van der Waals surface area contributed by atoms with Crippen molar-refractivity contribution in [1.82, 2.24) is 14.8 Å². The highest BCUT2D eigenvalue weighted by Crippen LogP contribution is 2.49. The fourth-order valence-electron chi connectivity index (χ4n) is 4.93. The molecule has 1 aromatic carbocycles. The van der Waals surface area contributed by atoms with E-state index >= 15 is 0 Å². The molecule has 2 aromatic rings. The van der Waals surface area contributed by atoms with Crippen LogP contribution in [-0.4, -0.2) is 68.5 Å². The molecule has 0 saturated heterocycles. The van der Waals surface area contributed by atoms with Gasteiger partial charge in [-0.3, -0.25) is 18.6 Å². The molecule has 1 atom stereocenters. The zero-order valence-corrected chi connectivity index (χ0v) is 22.9. The van der Waals surface area contributed by atoms with E-state index in [1.807, 2.05) is 12.1 Å². The summed E-state index contributed by atoms with van der Waals surface area (Å²) < 4.78 is 46.1. The molecule has 1 fully saturated rings. The molecule has 2 aliphatic rings. The third kappa shape index (κ3) is 5.05. The molecule has 9 nitrogen and oxygen atoms in total. The van der Waals surface area contributed by atoms with Crippen molar-refractivity contribution in [1.29, 1.82) is 4.78 Å². The largest absolute Gasteiger partial charge is 0.347 e. The minimum Gasteiger partial charge on any atom is -0.347 e. The van der Waals surface area contributed by atoms with Crippen molar-refractivity contribution in [2.75, 3.05) is 25.1 Å². The van der Waals surface area contributed by atoms with Gasteiger partial charge in [0, 0.05) is 47.2 Å². The molecule has 1 unspecified atom stereocenters. The van der Waals surface area contributed by atoms with Gasteiger partial charge in [0.2, 0.25) is 0 Å². The second kappa shape index (κ2) is 9.18. The van der Waals surface area contributed by atoms with E-state index in [-0.39, 0.29) is 30.7 Å². The molecular formula is C24H31ClN4O5S2. The van der Waals surface area contributed by atoms with Crippen LogP contribution < -0.4 is 5.32 Å². The van der Waals surface area contributed by atoms with Crippen LogP contribution in [-0.2, 0) is 32.7 Å². The summed E-state index contributed by atoms with van der Waals surface area (Å²) in [6.45, 7) is 4.03. The van der Waals surface area contributed by atoms with Crippen molar-refractivity contribution in [2.24, 2.45) is 0 Å². The van der Waals surface area contributed by atoms with Crippen LogP contribution in [0.4, 0.5) is 0 Å². The molecule has 1 aliphatic carbocycles. The minimum absolute atomic E-state index is 0.0454. The Labute approximate surface area is 217 Å². The maximum Gasteiger partial charge on any atom is 0.270 e. The number of aromatic nitrogens is 1. The van der Waals surface area contributed by atoms with Crippen LogP contribution in [0.2, 0.25) is 5.02 Å². The van der Waals surface area contributed by atoms with Gasteiger partial charge in [-0.1, -0.05) is 23.7 Å². The number of carbonyl (C=O) groups is 2. The van der Waals surface area contributed by atoms with E-state index in [9.17, 15) is 22.2 Å². The van der Waals surface area contributed by atoms with Crippen LogP contribution in [0.5, 0.6) is 0 Å². The first kappa shape index (κ1) is 26.7. The Morgan fingerprint density at radius 2 is 1.75 bits per heavy atom. The molecule has 0 spiro atoms. The van der Waals surface area contributed by atoms with E-state index in [0.29, 0.717) is 42.3 Å². The Morgan fingerprint density at radius 1 is 1.11 bits per heavy atom. The lowest BCUT2D eigenvalue weighted by atomic mass is 10.2. The first-order chi connectivity index (χ1) is 16.7. The second-order valence-corrected chi connectivity index (χ2v) is 16.1. The lowest BCUT2D eigenvalue weighted by Crippen LogP contribution is -2.52. The lowest BCUT2D eigenvalue weighted by Gasteiger charge is -2.35. The van der Waals surface area contributed by atoms with Crippen molar-refractivity contribution in [2.45, 2.75) is 49.3 Å². The summed E-state index contributed by atoms with van der Waals surface area (Å²) in [5, 5.41) is 3.47. The van der Waals surface area contributed by atoms with Gasteiger partial charge in [0.15, 0.2) is 9.84 Å². The highest BCUT2D eigenvalue weighted by Gasteiger charge is 2.61. The lowest BCUT2D eigenvalue weighted by molar-refractivity contribution is 0.0698. The standard InChI is InChI=1S/C24H31ClN4O5S2/c1-23(2,16-35(3,26)32)36(33,34)24(10-11-24)15-28-12-13-29-19(8-9-20(29)22(28)31)21(30)27-14-17-4-6-18(25)7-5-17/h4-9,26H,10-16H2,1-3H3,(H,27,30). The quantitative estimate of drug-likeness (QED) is 0.492. The number of rotatable bonds is 9. The fraction of sp³-hybridized carbons (Fsp3) is 0.500. The number of halogens is 1. The number of sulfone groups is 1. The number of hydrogen-bond acceptors (Lipinski definition) is 6. The predicted octanol–water partition coefficient (Wildman–Crippen LogP) is 2.93. The summed E-state index contributed by atoms with van der Waals surface area (Å²) in [5.74, 6) is -0.883. The van der Waals surface area contributed by atoms with Gasteiger partial charge in [0.25, 0.3) is 11.8 Å². The topological polar surface area (TPSA) is 129 Å². The zero-order chi connectivity index (χ0) is 26.5. The molecule has 2 amide bonds. The molecule has 12 heteroatoms. The first-order valence-electron chi connectivity index (χ1n) is 11.6. The molecule has 4 rings (SSSR count). The van der Waals surface area contributed by atoms with Crippen molar-refractivity contribution >= 4 is 43.0 Å². The van der Waals surface area contributed by atoms with Gasteiger partial charge in [-0.15, -0.1) is 0 Å². The first-order valence-corrected chi connectivity index (χ1v) is 15.6. The average Bonchev–Trinajstić information content (AvgIpc) is 3.44.